The molecule has 3 aromatic rings. The van der Waals surface area contributed by atoms with Gasteiger partial charge in [-0.3, -0.25) is 14.6 Å². The first kappa shape index (κ1) is 20.3. The molecule has 0 saturated heterocycles. The van der Waals surface area contributed by atoms with E-state index in [1.807, 2.05) is 18.2 Å². The van der Waals surface area contributed by atoms with Crippen molar-refractivity contribution in [3.05, 3.63) is 87.6 Å². The number of H-pyrrole nitrogens is 1. The van der Waals surface area contributed by atoms with Crippen LogP contribution in [-0.4, -0.2) is 28.5 Å². The lowest BCUT2D eigenvalue weighted by Crippen LogP contribution is -2.30. The van der Waals surface area contributed by atoms with Crippen LogP contribution in [0.1, 0.15) is 46.4 Å². The van der Waals surface area contributed by atoms with Crippen LogP contribution < -0.4 is 15.0 Å². The van der Waals surface area contributed by atoms with Crippen LogP contribution in [0.4, 0.5) is 0 Å². The Balaban J connectivity index is 1.62. The predicted molar refractivity (Wildman–Crippen MR) is 110 cm³/mol. The maximum atomic E-state index is 12.6. The van der Waals surface area contributed by atoms with E-state index in [-0.39, 0.29) is 29.9 Å². The SMILES string of the molecule is CCOC(=O)c1c[nH]c(=O)c2c1OC(=O)CC2c1ccc(OCc2ccccn2)cc1. The van der Waals surface area contributed by atoms with Crippen molar-refractivity contribution in [3.63, 3.8) is 0 Å². The molecular formula is C23H20N2O6. The second-order valence-corrected chi connectivity index (χ2v) is 6.90. The number of hydrogen-bond acceptors (Lipinski definition) is 7. The van der Waals surface area contributed by atoms with Crippen LogP contribution in [0.2, 0.25) is 0 Å². The number of ether oxygens (including phenoxy) is 3. The summed E-state index contributed by atoms with van der Waals surface area (Å²) in [6.07, 6.45) is 2.89. The Morgan fingerprint density at radius 2 is 2.00 bits per heavy atom. The Labute approximate surface area is 177 Å². The molecule has 1 aliphatic heterocycles. The molecule has 0 bridgehead atoms. The van der Waals surface area contributed by atoms with Gasteiger partial charge in [0.15, 0.2) is 5.75 Å². The first-order chi connectivity index (χ1) is 15.1. The maximum absolute atomic E-state index is 12.6. The molecule has 0 aliphatic carbocycles. The van der Waals surface area contributed by atoms with Gasteiger partial charge in [-0.05, 0) is 36.8 Å². The number of rotatable bonds is 6. The quantitative estimate of drug-likeness (QED) is 0.611. The van der Waals surface area contributed by atoms with E-state index in [0.717, 1.165) is 11.3 Å². The number of benzene rings is 1. The number of nitrogens with zero attached hydrogens (tertiary/aromatic N) is 1. The second kappa shape index (κ2) is 8.83. The summed E-state index contributed by atoms with van der Waals surface area (Å²) >= 11 is 0. The van der Waals surface area contributed by atoms with Gasteiger partial charge >= 0.3 is 11.9 Å². The van der Waals surface area contributed by atoms with Gasteiger partial charge in [-0.1, -0.05) is 18.2 Å². The molecule has 1 aliphatic rings. The van der Waals surface area contributed by atoms with Crippen LogP contribution in [0.25, 0.3) is 0 Å². The Bertz CT molecular complexity index is 1150. The lowest BCUT2D eigenvalue weighted by atomic mass is 9.86. The van der Waals surface area contributed by atoms with E-state index in [1.54, 1.807) is 37.4 Å². The minimum atomic E-state index is -0.665. The third-order valence-electron chi connectivity index (χ3n) is 4.91. The molecule has 8 heteroatoms. The lowest BCUT2D eigenvalue weighted by Gasteiger charge is -2.25. The van der Waals surface area contributed by atoms with Gasteiger partial charge < -0.3 is 19.2 Å². The molecule has 0 amide bonds. The fourth-order valence-corrected chi connectivity index (χ4v) is 3.46. The largest absolute Gasteiger partial charge is 0.487 e. The van der Waals surface area contributed by atoms with Gasteiger partial charge in [0.1, 0.15) is 17.9 Å². The van der Waals surface area contributed by atoms with Crippen molar-refractivity contribution < 1.29 is 23.8 Å². The highest BCUT2D eigenvalue weighted by Gasteiger charge is 2.34. The van der Waals surface area contributed by atoms with Crippen molar-refractivity contribution in [2.45, 2.75) is 25.9 Å². The molecule has 4 rings (SSSR count). The zero-order valence-corrected chi connectivity index (χ0v) is 16.8. The second-order valence-electron chi connectivity index (χ2n) is 6.90. The van der Waals surface area contributed by atoms with Gasteiger partial charge in [0, 0.05) is 18.3 Å². The molecule has 0 radical (unpaired) electrons. The van der Waals surface area contributed by atoms with Crippen molar-refractivity contribution in [1.82, 2.24) is 9.97 Å². The van der Waals surface area contributed by atoms with E-state index in [1.165, 1.54) is 6.20 Å². The minimum absolute atomic E-state index is 0.0174. The van der Waals surface area contributed by atoms with Crippen LogP contribution in [-0.2, 0) is 16.1 Å². The van der Waals surface area contributed by atoms with Gasteiger partial charge in [-0.15, -0.1) is 0 Å². The van der Waals surface area contributed by atoms with Crippen molar-refractivity contribution >= 4 is 11.9 Å². The van der Waals surface area contributed by atoms with Crippen LogP contribution in [0.15, 0.2) is 59.7 Å². The fraction of sp³-hybridized carbons (Fsp3) is 0.217. The molecule has 8 nitrogen and oxygen atoms in total. The van der Waals surface area contributed by atoms with Crippen molar-refractivity contribution in [1.29, 1.82) is 0 Å². The van der Waals surface area contributed by atoms with E-state index in [2.05, 4.69) is 9.97 Å². The maximum Gasteiger partial charge on any atom is 0.343 e. The molecule has 1 aromatic carbocycles. The van der Waals surface area contributed by atoms with Crippen molar-refractivity contribution in [2.75, 3.05) is 6.61 Å². The number of nitrogens with one attached hydrogen (secondary N) is 1. The number of aromatic nitrogens is 2. The fourth-order valence-electron chi connectivity index (χ4n) is 3.46. The summed E-state index contributed by atoms with van der Waals surface area (Å²) in [6, 6.07) is 12.7. The van der Waals surface area contributed by atoms with Crippen LogP contribution in [0, 0.1) is 0 Å². The van der Waals surface area contributed by atoms with Gasteiger partial charge in [0.25, 0.3) is 5.56 Å². The third-order valence-corrected chi connectivity index (χ3v) is 4.91. The highest BCUT2D eigenvalue weighted by atomic mass is 16.5. The highest BCUT2D eigenvalue weighted by molar-refractivity contribution is 5.94. The molecule has 0 fully saturated rings. The number of hydrogen-bond donors (Lipinski definition) is 1. The molecule has 31 heavy (non-hydrogen) atoms. The molecule has 1 atom stereocenters. The van der Waals surface area contributed by atoms with Gasteiger partial charge in [0.05, 0.1) is 24.3 Å². The summed E-state index contributed by atoms with van der Waals surface area (Å²) in [4.78, 5) is 43.9. The normalized spacial score (nSPS) is 15.0. The van der Waals surface area contributed by atoms with Gasteiger partial charge in [-0.25, -0.2) is 4.79 Å². The molecule has 158 valence electrons. The van der Waals surface area contributed by atoms with Crippen LogP contribution in [0.3, 0.4) is 0 Å². The van der Waals surface area contributed by atoms with E-state index >= 15 is 0 Å². The zero-order valence-electron chi connectivity index (χ0n) is 16.8. The summed E-state index contributed by atoms with van der Waals surface area (Å²) in [5.41, 5.74) is 1.36. The van der Waals surface area contributed by atoms with Crippen LogP contribution >= 0.6 is 0 Å². The van der Waals surface area contributed by atoms with E-state index < -0.39 is 23.4 Å². The molecule has 3 heterocycles. The van der Waals surface area contributed by atoms with Gasteiger partial charge in [0.2, 0.25) is 0 Å². The molecule has 1 N–H and O–H groups in total. The molecule has 1 unspecified atom stereocenters. The lowest BCUT2D eigenvalue weighted by molar-refractivity contribution is -0.135. The Morgan fingerprint density at radius 1 is 1.19 bits per heavy atom. The van der Waals surface area contributed by atoms with E-state index in [9.17, 15) is 14.4 Å². The van der Waals surface area contributed by atoms with Gasteiger partial charge in [-0.2, -0.15) is 0 Å². The molecule has 2 aromatic heterocycles. The average Bonchev–Trinajstić information content (AvgIpc) is 2.78. The standard InChI is InChI=1S/C23H20N2O6/c1-2-29-23(28)18-12-25-22(27)20-17(11-19(26)31-21(18)20)14-6-8-16(9-7-14)30-13-15-5-3-4-10-24-15/h3-10,12,17H,2,11,13H2,1H3,(H,25,27). The summed E-state index contributed by atoms with van der Waals surface area (Å²) < 4.78 is 16.0. The van der Waals surface area contributed by atoms with Crippen molar-refractivity contribution in [3.8, 4) is 11.5 Å². The van der Waals surface area contributed by atoms with E-state index in [4.69, 9.17) is 14.2 Å². The average molecular weight is 420 g/mol. The Hall–Kier alpha value is -3.94. The summed E-state index contributed by atoms with van der Waals surface area (Å²) in [5, 5.41) is 0. The number of pyridine rings is 2. The third kappa shape index (κ3) is 4.32. The summed E-state index contributed by atoms with van der Waals surface area (Å²) in [7, 11) is 0. The number of aromatic amines is 1. The van der Waals surface area contributed by atoms with Crippen molar-refractivity contribution in [2.24, 2.45) is 0 Å². The Morgan fingerprint density at radius 3 is 2.71 bits per heavy atom. The highest BCUT2D eigenvalue weighted by Crippen LogP contribution is 2.38. The Kier molecular flexibility index (Phi) is 5.79. The predicted octanol–water partition coefficient (Wildman–Crippen LogP) is 2.97. The number of carbonyl (C=O) groups excluding carboxylic acids is 2. The number of esters is 2. The topological polar surface area (TPSA) is 108 Å². The summed E-state index contributed by atoms with van der Waals surface area (Å²) in [6.45, 7) is 2.15. The molecule has 0 spiro atoms. The monoisotopic (exact) mass is 420 g/mol. The molecular weight excluding hydrogens is 400 g/mol. The molecule has 0 saturated carbocycles. The zero-order chi connectivity index (χ0) is 21.8. The first-order valence-electron chi connectivity index (χ1n) is 9.83. The van der Waals surface area contributed by atoms with Crippen LogP contribution in [0.5, 0.6) is 11.5 Å². The first-order valence-corrected chi connectivity index (χ1v) is 9.83. The van der Waals surface area contributed by atoms with E-state index in [0.29, 0.717) is 12.4 Å². The summed E-state index contributed by atoms with van der Waals surface area (Å²) in [5.74, 6) is -1.16. The smallest absolute Gasteiger partial charge is 0.343 e. The number of carbonyl (C=O) groups is 2. The minimum Gasteiger partial charge on any atom is -0.487 e. The number of fused-ring (bicyclic) bond motifs is 1.